The maximum Gasteiger partial charge on any atom is 0.266 e. The normalized spacial score (nSPS) is 14.1. The Morgan fingerprint density at radius 2 is 2.29 bits per heavy atom. The predicted octanol–water partition coefficient (Wildman–Crippen LogP) is -1.31. The molecule has 0 aliphatic rings. The highest BCUT2D eigenvalue weighted by molar-refractivity contribution is 5.72. The summed E-state index contributed by atoms with van der Waals surface area (Å²) in [4.78, 5) is 27.4. The zero-order valence-corrected chi connectivity index (χ0v) is 9.38. The van der Waals surface area contributed by atoms with Crippen LogP contribution < -0.4 is 10.9 Å². The van der Waals surface area contributed by atoms with Gasteiger partial charge in [-0.1, -0.05) is 0 Å². The van der Waals surface area contributed by atoms with Gasteiger partial charge in [0.05, 0.1) is 18.0 Å². The van der Waals surface area contributed by atoms with Crippen LogP contribution in [0.5, 0.6) is 0 Å². The van der Waals surface area contributed by atoms with Crippen molar-refractivity contribution in [1.82, 2.24) is 15.3 Å². The topological polar surface area (TPSA) is 115 Å². The molecule has 2 unspecified atom stereocenters. The second kappa shape index (κ2) is 6.12. The Morgan fingerprint density at radius 3 is 2.82 bits per heavy atom. The zero-order valence-electron chi connectivity index (χ0n) is 9.38. The summed E-state index contributed by atoms with van der Waals surface area (Å²) in [6.07, 6.45) is 0.218. The van der Waals surface area contributed by atoms with Crippen LogP contribution in [0.4, 0.5) is 0 Å². The second-order valence-electron chi connectivity index (χ2n) is 3.62. The molecule has 1 rings (SSSR count). The molecule has 7 nitrogen and oxygen atoms in total. The fourth-order valence-electron chi connectivity index (χ4n) is 1.27. The Morgan fingerprint density at radius 1 is 1.59 bits per heavy atom. The number of amides is 1. The Balaban J connectivity index is 2.51. The van der Waals surface area contributed by atoms with E-state index >= 15 is 0 Å². The van der Waals surface area contributed by atoms with E-state index in [0.29, 0.717) is 0 Å². The van der Waals surface area contributed by atoms with Crippen LogP contribution in [-0.2, 0) is 4.79 Å². The number of nitrogens with one attached hydrogen (secondary N) is 2. The summed E-state index contributed by atoms with van der Waals surface area (Å²) in [5.74, 6) is -0.200. The quantitative estimate of drug-likeness (QED) is 0.511. The van der Waals surface area contributed by atoms with Crippen molar-refractivity contribution in [1.29, 1.82) is 0 Å². The Labute approximate surface area is 97.5 Å². The summed E-state index contributed by atoms with van der Waals surface area (Å²) in [6, 6.07) is 0. The van der Waals surface area contributed by atoms with Crippen LogP contribution in [0, 0.1) is 0 Å². The highest BCUT2D eigenvalue weighted by Crippen LogP contribution is 2.14. The number of nitrogens with zero attached hydrogens (tertiary/aromatic N) is 1. The van der Waals surface area contributed by atoms with Gasteiger partial charge >= 0.3 is 0 Å². The summed E-state index contributed by atoms with van der Waals surface area (Å²) in [7, 11) is 0. The van der Waals surface area contributed by atoms with Crippen molar-refractivity contribution in [2.45, 2.75) is 25.6 Å². The van der Waals surface area contributed by atoms with Crippen LogP contribution in [-0.4, -0.2) is 38.7 Å². The van der Waals surface area contributed by atoms with E-state index in [9.17, 15) is 19.8 Å². The fraction of sp³-hybridized carbons (Fsp3) is 0.500. The number of rotatable bonds is 5. The molecule has 2 atom stereocenters. The van der Waals surface area contributed by atoms with E-state index in [1.54, 1.807) is 0 Å². The van der Waals surface area contributed by atoms with Gasteiger partial charge < -0.3 is 20.5 Å². The lowest BCUT2D eigenvalue weighted by Crippen LogP contribution is -2.28. The van der Waals surface area contributed by atoms with Gasteiger partial charge in [-0.2, -0.15) is 0 Å². The number of aliphatic hydroxyl groups excluding tert-OH is 2. The molecule has 0 aliphatic carbocycles. The number of aromatic nitrogens is 2. The predicted molar refractivity (Wildman–Crippen MR) is 59.1 cm³/mol. The molecular weight excluding hydrogens is 226 g/mol. The molecule has 7 heteroatoms. The molecule has 0 saturated carbocycles. The molecule has 0 fully saturated rings. The highest BCUT2D eigenvalue weighted by Gasteiger charge is 2.19. The molecule has 1 aromatic rings. The van der Waals surface area contributed by atoms with Crippen LogP contribution in [0.15, 0.2) is 17.2 Å². The highest BCUT2D eigenvalue weighted by atomic mass is 16.3. The van der Waals surface area contributed by atoms with E-state index in [1.807, 2.05) is 0 Å². The molecule has 0 bridgehead atoms. The molecule has 94 valence electrons. The minimum atomic E-state index is -1.19. The summed E-state index contributed by atoms with van der Waals surface area (Å²) in [5.41, 5.74) is -0.200. The van der Waals surface area contributed by atoms with Crippen LogP contribution in [0.25, 0.3) is 0 Å². The van der Waals surface area contributed by atoms with E-state index in [0.717, 1.165) is 6.20 Å². The van der Waals surface area contributed by atoms with Gasteiger partial charge in [-0.25, -0.2) is 0 Å². The number of H-pyrrole nitrogens is 1. The van der Waals surface area contributed by atoms with E-state index in [1.165, 1.54) is 13.1 Å². The van der Waals surface area contributed by atoms with E-state index < -0.39 is 12.2 Å². The molecule has 0 radical (unpaired) electrons. The van der Waals surface area contributed by atoms with E-state index in [-0.39, 0.29) is 30.1 Å². The molecular formula is C10H15N3O4. The lowest BCUT2D eigenvalue weighted by atomic mass is 10.1. The summed E-state index contributed by atoms with van der Waals surface area (Å²) >= 11 is 0. The van der Waals surface area contributed by atoms with Crippen LogP contribution in [0.2, 0.25) is 0 Å². The monoisotopic (exact) mass is 241 g/mol. The first-order valence-corrected chi connectivity index (χ1v) is 5.16. The zero-order chi connectivity index (χ0) is 12.8. The molecule has 0 spiro atoms. The lowest BCUT2D eigenvalue weighted by molar-refractivity contribution is -0.119. The van der Waals surface area contributed by atoms with Crippen molar-refractivity contribution in [2.75, 3.05) is 6.54 Å². The molecule has 0 saturated heterocycles. The third-order valence-electron chi connectivity index (χ3n) is 2.17. The molecule has 0 aromatic carbocycles. The van der Waals surface area contributed by atoms with Gasteiger partial charge in [0.2, 0.25) is 5.91 Å². The third kappa shape index (κ3) is 4.33. The number of carbonyl (C=O) groups excluding carboxylic acids is 1. The standard InChI is InChI=1S/C10H15N3O4/c1-6(14)11-3-2-8(15)10(17)7-4-13-9(16)5-12-7/h4-5,8,10,15,17H,2-3H2,1H3,(H,11,14)(H,13,16). The minimum absolute atomic E-state index is 0.180. The molecule has 4 N–H and O–H groups in total. The SMILES string of the molecule is CC(=O)NCCC(O)C(O)c1c[nH]c(=O)cn1. The van der Waals surface area contributed by atoms with Crippen LogP contribution in [0.1, 0.15) is 25.1 Å². The van der Waals surface area contributed by atoms with Gasteiger partial charge in [0.15, 0.2) is 0 Å². The number of carbonyl (C=O) groups is 1. The largest absolute Gasteiger partial charge is 0.390 e. The van der Waals surface area contributed by atoms with E-state index in [4.69, 9.17) is 0 Å². The first-order chi connectivity index (χ1) is 8.00. The Kier molecular flexibility index (Phi) is 4.80. The van der Waals surface area contributed by atoms with Gasteiger partial charge in [-0.3, -0.25) is 14.6 Å². The minimum Gasteiger partial charge on any atom is -0.390 e. The van der Waals surface area contributed by atoms with Gasteiger partial charge in [-0.05, 0) is 6.42 Å². The van der Waals surface area contributed by atoms with Crippen molar-refractivity contribution in [3.8, 4) is 0 Å². The second-order valence-corrected chi connectivity index (χ2v) is 3.62. The van der Waals surface area contributed by atoms with E-state index in [2.05, 4.69) is 15.3 Å². The molecule has 1 amide bonds. The Bertz CT molecular complexity index is 411. The average molecular weight is 241 g/mol. The fourth-order valence-corrected chi connectivity index (χ4v) is 1.27. The summed E-state index contributed by atoms with van der Waals surface area (Å²) in [6.45, 7) is 1.63. The van der Waals surface area contributed by atoms with Crippen molar-refractivity contribution in [2.24, 2.45) is 0 Å². The van der Waals surface area contributed by atoms with Gasteiger partial charge in [0.1, 0.15) is 6.10 Å². The average Bonchev–Trinajstić information content (AvgIpc) is 2.28. The maximum absolute atomic E-state index is 10.8. The summed E-state index contributed by atoms with van der Waals surface area (Å²) in [5, 5.41) is 21.8. The number of hydrogen-bond donors (Lipinski definition) is 4. The molecule has 1 heterocycles. The molecule has 0 aliphatic heterocycles. The first-order valence-electron chi connectivity index (χ1n) is 5.16. The Hall–Kier alpha value is -1.73. The van der Waals surface area contributed by atoms with Crippen molar-refractivity contribution >= 4 is 5.91 Å². The van der Waals surface area contributed by atoms with Gasteiger partial charge in [-0.15, -0.1) is 0 Å². The van der Waals surface area contributed by atoms with Crippen LogP contribution >= 0.6 is 0 Å². The third-order valence-corrected chi connectivity index (χ3v) is 2.17. The number of aliphatic hydroxyl groups is 2. The first kappa shape index (κ1) is 13.3. The van der Waals surface area contributed by atoms with Gasteiger partial charge in [0.25, 0.3) is 5.56 Å². The maximum atomic E-state index is 10.8. The molecule has 1 aromatic heterocycles. The van der Waals surface area contributed by atoms with Crippen molar-refractivity contribution in [3.63, 3.8) is 0 Å². The van der Waals surface area contributed by atoms with Crippen molar-refractivity contribution < 1.29 is 15.0 Å². The van der Waals surface area contributed by atoms with Crippen LogP contribution in [0.3, 0.4) is 0 Å². The lowest BCUT2D eigenvalue weighted by Gasteiger charge is -2.16. The smallest absolute Gasteiger partial charge is 0.266 e. The molecule has 17 heavy (non-hydrogen) atoms. The summed E-state index contributed by atoms with van der Waals surface area (Å²) < 4.78 is 0. The number of aromatic amines is 1. The van der Waals surface area contributed by atoms with Gasteiger partial charge in [0, 0.05) is 19.7 Å². The number of hydrogen-bond acceptors (Lipinski definition) is 5. The van der Waals surface area contributed by atoms with Crippen molar-refractivity contribution in [3.05, 3.63) is 28.4 Å².